The molecule has 0 aromatic heterocycles. The third-order valence-corrected chi connectivity index (χ3v) is 10.6. The number of likely N-dealkylation sites (tertiary alicyclic amines) is 1. The summed E-state index contributed by atoms with van der Waals surface area (Å²) in [6.07, 6.45) is 8.13. The summed E-state index contributed by atoms with van der Waals surface area (Å²) >= 11 is 0. The Hall–Kier alpha value is -4.28. The molecule has 4 heterocycles. The molecular formula is C41H51N3O7. The van der Waals surface area contributed by atoms with Crippen molar-refractivity contribution in [2.75, 3.05) is 19.8 Å². The number of rotatable bonds is 7. The summed E-state index contributed by atoms with van der Waals surface area (Å²) in [5.74, 6) is -3.50. The minimum Gasteiger partial charge on any atom is -0.463 e. The fraction of sp³-hybridized carbons (Fsp3) is 0.512. The molecule has 4 aliphatic rings. The first kappa shape index (κ1) is 36.5. The van der Waals surface area contributed by atoms with Crippen molar-refractivity contribution in [2.45, 2.75) is 95.7 Å². The number of allylic oxidation sites excluding steroid dienone is 1. The lowest BCUT2D eigenvalue weighted by Crippen LogP contribution is -2.62. The van der Waals surface area contributed by atoms with Gasteiger partial charge >= 0.3 is 5.97 Å². The van der Waals surface area contributed by atoms with Gasteiger partial charge in [0.15, 0.2) is 0 Å². The predicted octanol–water partition coefficient (Wildman–Crippen LogP) is 4.53. The molecule has 0 unspecified atom stereocenters. The van der Waals surface area contributed by atoms with Crippen LogP contribution in [0.25, 0.3) is 0 Å². The first-order valence-electron chi connectivity index (χ1n) is 18.1. The highest BCUT2D eigenvalue weighted by Gasteiger charge is 2.74. The minimum absolute atomic E-state index is 0.0815. The Balaban J connectivity index is 1.47. The Morgan fingerprint density at radius 2 is 1.63 bits per heavy atom. The van der Waals surface area contributed by atoms with Gasteiger partial charge in [-0.1, -0.05) is 106 Å². The molecule has 2 N–H and O–H groups in total. The molecule has 3 amide bonds. The van der Waals surface area contributed by atoms with E-state index in [1.165, 1.54) is 4.90 Å². The number of nitrogens with zero attached hydrogens (tertiary/aromatic N) is 2. The quantitative estimate of drug-likeness (QED) is 0.322. The molecule has 10 nitrogen and oxygen atoms in total. The van der Waals surface area contributed by atoms with Gasteiger partial charge in [-0.3, -0.25) is 19.2 Å². The number of esters is 1. The fourth-order valence-electron chi connectivity index (χ4n) is 8.82. The maximum absolute atomic E-state index is 15.4. The van der Waals surface area contributed by atoms with Crippen LogP contribution in [0.3, 0.4) is 0 Å². The van der Waals surface area contributed by atoms with Crippen molar-refractivity contribution in [1.29, 1.82) is 0 Å². The monoisotopic (exact) mass is 697 g/mol. The Morgan fingerprint density at radius 1 is 0.941 bits per heavy atom. The number of fused-ring (bicyclic) bond motifs is 2. The molecule has 0 aliphatic carbocycles. The van der Waals surface area contributed by atoms with Crippen LogP contribution in [-0.2, 0) is 35.1 Å². The lowest BCUT2D eigenvalue weighted by atomic mass is 9.73. The van der Waals surface area contributed by atoms with Crippen LogP contribution >= 0.6 is 0 Å². The highest BCUT2D eigenvalue weighted by molar-refractivity contribution is 6.00. The van der Waals surface area contributed by atoms with Crippen molar-refractivity contribution < 1.29 is 33.8 Å². The molecule has 0 radical (unpaired) electrons. The number of aliphatic hydroxyl groups excluding tert-OH is 1. The zero-order chi connectivity index (χ0) is 36.6. The molecule has 4 aliphatic heterocycles. The number of nitrogens with one attached hydrogen (secondary N) is 1. The third-order valence-electron chi connectivity index (χ3n) is 10.6. The highest BCUT2D eigenvalue weighted by Crippen LogP contribution is 2.56. The van der Waals surface area contributed by atoms with E-state index in [0.717, 1.165) is 11.1 Å². The largest absolute Gasteiger partial charge is 0.463 e. The van der Waals surface area contributed by atoms with Crippen LogP contribution in [0.4, 0.5) is 0 Å². The molecule has 272 valence electrons. The number of carbonyl (C=O) groups is 4. The van der Waals surface area contributed by atoms with E-state index in [9.17, 15) is 19.5 Å². The first-order valence-corrected chi connectivity index (χ1v) is 18.1. The predicted molar refractivity (Wildman–Crippen MR) is 192 cm³/mol. The molecule has 10 heteroatoms. The van der Waals surface area contributed by atoms with Gasteiger partial charge in [-0.25, -0.2) is 0 Å². The maximum atomic E-state index is 15.4. The third kappa shape index (κ3) is 7.26. The van der Waals surface area contributed by atoms with Crippen LogP contribution < -0.4 is 5.32 Å². The van der Waals surface area contributed by atoms with Crippen LogP contribution in [0.5, 0.6) is 0 Å². The van der Waals surface area contributed by atoms with E-state index in [4.69, 9.17) is 9.47 Å². The van der Waals surface area contributed by atoms with Gasteiger partial charge in [0.25, 0.3) is 0 Å². The molecular weight excluding hydrogens is 646 g/mol. The van der Waals surface area contributed by atoms with E-state index in [-0.39, 0.29) is 37.5 Å². The maximum Gasteiger partial charge on any atom is 0.306 e. The van der Waals surface area contributed by atoms with Crippen molar-refractivity contribution in [3.8, 4) is 0 Å². The van der Waals surface area contributed by atoms with E-state index >= 15 is 4.79 Å². The van der Waals surface area contributed by atoms with Crippen LogP contribution in [-0.4, -0.2) is 87.7 Å². The Labute approximate surface area is 300 Å². The standard InChI is InChI=1S/C41H51N3O7/c1-39(2,3)26-40(4,5)43-22-14-8-13-19-32(46)50-25-30(28-17-11-7-12-18-28)42-36(47)33-31-20-21-41(51-31)34(33)37(48)44(35(41)38(43)49)29(24-45)23-27-15-9-6-10-16-27/h6-12,14-18,20-21,29-31,33-35,45H,13,19,22-26H2,1-5H3,(H,42,47)/b14-8-/t29-,30-,31-,33+,34+,35-,41+/m1/s1. The van der Waals surface area contributed by atoms with E-state index in [2.05, 4.69) is 26.1 Å². The molecule has 0 saturated carbocycles. The molecule has 2 aromatic rings. The SMILES string of the molecule is CC(C)(C)CC(C)(C)N1C/C=C\CCC(=O)OC[C@H](c2ccccc2)NC(=O)[C@@H]2[C@H]3C(=O)N([C@@H](CO)Cc4ccccc4)[C@H](C1=O)[C@]31C=C[C@H]2O1. The summed E-state index contributed by atoms with van der Waals surface area (Å²) in [6.45, 7) is 10.2. The summed E-state index contributed by atoms with van der Waals surface area (Å²) < 4.78 is 12.4. The summed E-state index contributed by atoms with van der Waals surface area (Å²) in [5, 5.41) is 14.0. The molecule has 2 aromatic carbocycles. The van der Waals surface area contributed by atoms with Gasteiger partial charge in [-0.2, -0.15) is 0 Å². The van der Waals surface area contributed by atoms with Crippen LogP contribution in [0.15, 0.2) is 85.0 Å². The number of ether oxygens (including phenoxy) is 2. The lowest BCUT2D eigenvalue weighted by molar-refractivity contribution is -0.154. The van der Waals surface area contributed by atoms with Crippen LogP contribution in [0.1, 0.15) is 71.0 Å². The number of hydrogen-bond donors (Lipinski definition) is 2. The number of aliphatic hydroxyl groups is 1. The van der Waals surface area contributed by atoms with E-state index in [1.807, 2.05) is 86.7 Å². The van der Waals surface area contributed by atoms with E-state index in [1.54, 1.807) is 17.1 Å². The van der Waals surface area contributed by atoms with E-state index < -0.39 is 65.0 Å². The van der Waals surface area contributed by atoms with Gasteiger partial charge in [0.2, 0.25) is 17.7 Å². The summed E-state index contributed by atoms with van der Waals surface area (Å²) in [6, 6.07) is 16.3. The van der Waals surface area contributed by atoms with E-state index in [0.29, 0.717) is 19.3 Å². The molecule has 2 saturated heterocycles. The topological polar surface area (TPSA) is 125 Å². The molecule has 5 bridgehead atoms. The van der Waals surface area contributed by atoms with Crippen LogP contribution in [0, 0.1) is 17.3 Å². The molecule has 7 atom stereocenters. The zero-order valence-electron chi connectivity index (χ0n) is 30.3. The van der Waals surface area contributed by atoms with Crippen LogP contribution in [0.2, 0.25) is 0 Å². The molecule has 1 spiro atoms. The minimum atomic E-state index is -1.42. The number of cyclic esters (lactones) is 1. The second-order valence-electron chi connectivity index (χ2n) is 16.1. The van der Waals surface area contributed by atoms with Crippen molar-refractivity contribution in [2.24, 2.45) is 17.3 Å². The number of amides is 3. The van der Waals surface area contributed by atoms with Crippen molar-refractivity contribution in [3.05, 3.63) is 96.1 Å². The van der Waals surface area contributed by atoms with Gasteiger partial charge < -0.3 is 29.7 Å². The Morgan fingerprint density at radius 3 is 2.29 bits per heavy atom. The molecule has 2 fully saturated rings. The summed E-state index contributed by atoms with van der Waals surface area (Å²) in [7, 11) is 0. The van der Waals surface area contributed by atoms with Gasteiger partial charge in [0.1, 0.15) is 18.2 Å². The van der Waals surface area contributed by atoms with Gasteiger partial charge in [0, 0.05) is 18.5 Å². The zero-order valence-corrected chi connectivity index (χ0v) is 30.3. The van der Waals surface area contributed by atoms with Crippen molar-refractivity contribution in [3.63, 3.8) is 0 Å². The second kappa shape index (κ2) is 14.4. The molecule has 51 heavy (non-hydrogen) atoms. The lowest BCUT2D eigenvalue weighted by Gasteiger charge is -2.46. The summed E-state index contributed by atoms with van der Waals surface area (Å²) in [4.78, 5) is 60.9. The Bertz CT molecular complexity index is 1670. The fourth-order valence-corrected chi connectivity index (χ4v) is 8.82. The van der Waals surface area contributed by atoms with Gasteiger partial charge in [-0.15, -0.1) is 0 Å². The average molecular weight is 698 g/mol. The van der Waals surface area contributed by atoms with Crippen molar-refractivity contribution in [1.82, 2.24) is 15.1 Å². The summed E-state index contributed by atoms with van der Waals surface area (Å²) in [5.41, 5.74) is -0.578. The normalized spacial score (nSPS) is 29.9. The second-order valence-corrected chi connectivity index (χ2v) is 16.1. The van der Waals surface area contributed by atoms with Crippen molar-refractivity contribution >= 4 is 23.7 Å². The van der Waals surface area contributed by atoms with Gasteiger partial charge in [0.05, 0.1) is 36.6 Å². The number of hydrogen-bond acceptors (Lipinski definition) is 7. The molecule has 6 rings (SSSR count). The average Bonchev–Trinajstić information content (AvgIpc) is 3.73. The van der Waals surface area contributed by atoms with Gasteiger partial charge in [-0.05, 0) is 49.7 Å². The Kier molecular flexibility index (Phi) is 10.3. The highest BCUT2D eigenvalue weighted by atomic mass is 16.5. The number of carbonyl (C=O) groups excluding carboxylic acids is 4. The first-order chi connectivity index (χ1) is 24.3. The number of benzene rings is 2. The smallest absolute Gasteiger partial charge is 0.306 e.